The second-order valence-corrected chi connectivity index (χ2v) is 9.03. The van der Waals surface area contributed by atoms with Crippen LogP contribution in [0, 0.1) is 13.8 Å². The van der Waals surface area contributed by atoms with E-state index in [2.05, 4.69) is 15.2 Å². The van der Waals surface area contributed by atoms with Gasteiger partial charge in [-0.15, -0.1) is 10.2 Å². The molecule has 2 aromatic carbocycles. The zero-order valence-corrected chi connectivity index (χ0v) is 20.5. The highest BCUT2D eigenvalue weighted by Gasteiger charge is 2.22. The van der Waals surface area contributed by atoms with Crippen molar-refractivity contribution in [2.24, 2.45) is 0 Å². The summed E-state index contributed by atoms with van der Waals surface area (Å²) < 4.78 is 7.74. The molecule has 9 heteroatoms. The minimum Gasteiger partial charge on any atom is -0.484 e. The predicted molar refractivity (Wildman–Crippen MR) is 132 cm³/mol. The number of thioether (sulfide) groups is 1. The Morgan fingerprint density at radius 2 is 1.76 bits per heavy atom. The number of halogens is 1. The maximum absolute atomic E-state index is 13.0. The number of nitrogens with zero attached hydrogens (tertiary/aromatic N) is 3. The summed E-state index contributed by atoms with van der Waals surface area (Å²) in [6, 6.07) is 16.9. The molecule has 2 aromatic heterocycles. The Morgan fingerprint density at radius 1 is 1.06 bits per heavy atom. The summed E-state index contributed by atoms with van der Waals surface area (Å²) in [5.74, 6) is 1.08. The van der Waals surface area contributed by atoms with Gasteiger partial charge in [-0.1, -0.05) is 53.7 Å². The molecular weight excluding hydrogens is 472 g/mol. The van der Waals surface area contributed by atoms with Gasteiger partial charge in [0.05, 0.1) is 16.5 Å². The highest BCUT2D eigenvalue weighted by Crippen LogP contribution is 2.27. The van der Waals surface area contributed by atoms with Gasteiger partial charge in [-0.25, -0.2) is 0 Å². The number of ether oxygens (including phenoxy) is 1. The van der Waals surface area contributed by atoms with Crippen LogP contribution in [0.3, 0.4) is 0 Å². The van der Waals surface area contributed by atoms with Crippen molar-refractivity contribution < 1.29 is 14.3 Å². The van der Waals surface area contributed by atoms with Gasteiger partial charge in [0.2, 0.25) is 0 Å². The fraction of sp³-hybridized carbons (Fsp3) is 0.200. The minimum atomic E-state index is -0.116. The lowest BCUT2D eigenvalue weighted by atomic mass is 10.1. The quantitative estimate of drug-likeness (QED) is 0.240. The van der Waals surface area contributed by atoms with Gasteiger partial charge >= 0.3 is 0 Å². The first-order chi connectivity index (χ1) is 16.4. The third-order valence-corrected chi connectivity index (χ3v) is 6.55. The first-order valence-corrected chi connectivity index (χ1v) is 12.0. The van der Waals surface area contributed by atoms with Gasteiger partial charge in [0.1, 0.15) is 12.4 Å². The van der Waals surface area contributed by atoms with Crippen LogP contribution in [-0.2, 0) is 6.61 Å². The Hall–Kier alpha value is -3.36. The van der Waals surface area contributed by atoms with Gasteiger partial charge in [-0.05, 0) is 50.6 Å². The van der Waals surface area contributed by atoms with Gasteiger partial charge in [0.15, 0.2) is 22.5 Å². The predicted octanol–water partition coefficient (Wildman–Crippen LogP) is 5.62. The van der Waals surface area contributed by atoms with Gasteiger partial charge < -0.3 is 9.72 Å². The molecule has 0 radical (unpaired) electrons. The molecule has 0 aliphatic heterocycles. The van der Waals surface area contributed by atoms with E-state index >= 15 is 0 Å². The molecular formula is C25H23ClN4O3S. The first-order valence-electron chi connectivity index (χ1n) is 10.6. The van der Waals surface area contributed by atoms with E-state index in [0.717, 1.165) is 5.69 Å². The summed E-state index contributed by atoms with van der Waals surface area (Å²) in [6.45, 7) is 5.23. The number of hydrogen-bond acceptors (Lipinski definition) is 6. The van der Waals surface area contributed by atoms with E-state index in [9.17, 15) is 9.59 Å². The van der Waals surface area contributed by atoms with Crippen LogP contribution in [0.2, 0.25) is 5.02 Å². The molecule has 4 aromatic rings. The largest absolute Gasteiger partial charge is 0.484 e. The summed E-state index contributed by atoms with van der Waals surface area (Å²) in [5.41, 5.74) is 3.24. The molecule has 34 heavy (non-hydrogen) atoms. The number of aryl methyl sites for hydroxylation is 1. The van der Waals surface area contributed by atoms with Crippen molar-refractivity contribution in [3.63, 3.8) is 0 Å². The number of ketones is 2. The van der Waals surface area contributed by atoms with Crippen LogP contribution in [-0.4, -0.2) is 37.1 Å². The average Bonchev–Trinajstić information content (AvgIpc) is 3.37. The molecule has 0 saturated carbocycles. The fourth-order valence-electron chi connectivity index (χ4n) is 3.79. The number of carbonyl (C=O) groups is 2. The van der Waals surface area contributed by atoms with Crippen LogP contribution >= 0.6 is 23.4 Å². The Balaban J connectivity index is 1.57. The van der Waals surface area contributed by atoms with Gasteiger partial charge in [-0.3, -0.25) is 14.2 Å². The number of aromatic amines is 1. The molecule has 1 N–H and O–H groups in total. The minimum absolute atomic E-state index is 0.0649. The standard InChI is InChI=1S/C25H23ClN4O3S/c1-15-23(17(3)31)16(2)27-24(15)20(32)14-34-25-29-28-22(30(25)18-9-5-4-6-10-18)13-33-21-12-8-7-11-19(21)26/h4-12,27H,13-14H2,1-3H3. The summed E-state index contributed by atoms with van der Waals surface area (Å²) in [7, 11) is 0. The molecule has 4 rings (SSSR count). The van der Waals surface area contributed by atoms with Crippen molar-refractivity contribution >= 4 is 34.9 Å². The number of benzene rings is 2. The van der Waals surface area contributed by atoms with E-state index in [4.69, 9.17) is 16.3 Å². The Labute approximate surface area is 206 Å². The Kier molecular flexibility index (Phi) is 7.19. The van der Waals surface area contributed by atoms with Crippen LogP contribution in [0.15, 0.2) is 59.8 Å². The molecule has 0 fully saturated rings. The van der Waals surface area contributed by atoms with Crippen molar-refractivity contribution in [1.29, 1.82) is 0 Å². The summed E-state index contributed by atoms with van der Waals surface area (Å²) in [4.78, 5) is 27.9. The third kappa shape index (κ3) is 4.93. The van der Waals surface area contributed by atoms with Crippen molar-refractivity contribution in [1.82, 2.24) is 19.7 Å². The van der Waals surface area contributed by atoms with E-state index in [1.165, 1.54) is 18.7 Å². The summed E-state index contributed by atoms with van der Waals surface area (Å²) in [5, 5.41) is 9.69. The number of para-hydroxylation sites is 2. The van der Waals surface area contributed by atoms with Crippen molar-refractivity contribution in [3.8, 4) is 11.4 Å². The number of rotatable bonds is 9. The maximum Gasteiger partial charge on any atom is 0.196 e. The molecule has 0 aliphatic carbocycles. The number of Topliss-reactive ketones (excluding diaryl/α,β-unsaturated/α-hetero) is 2. The molecule has 0 aliphatic rings. The molecule has 0 saturated heterocycles. The normalized spacial score (nSPS) is 10.9. The number of aromatic nitrogens is 4. The Morgan fingerprint density at radius 3 is 2.44 bits per heavy atom. The number of H-pyrrole nitrogens is 1. The summed E-state index contributed by atoms with van der Waals surface area (Å²) >= 11 is 7.48. The van der Waals surface area contributed by atoms with Crippen LogP contribution in [0.4, 0.5) is 0 Å². The van der Waals surface area contributed by atoms with E-state index in [1.807, 2.05) is 47.0 Å². The van der Waals surface area contributed by atoms with Crippen LogP contribution in [0.5, 0.6) is 5.75 Å². The lowest BCUT2D eigenvalue weighted by molar-refractivity contribution is 0.101. The molecule has 174 valence electrons. The first kappa shape index (κ1) is 23.8. The van der Waals surface area contributed by atoms with Crippen LogP contribution in [0.25, 0.3) is 5.69 Å². The zero-order chi connectivity index (χ0) is 24.2. The third-order valence-electron chi connectivity index (χ3n) is 5.31. The van der Waals surface area contributed by atoms with Crippen molar-refractivity contribution in [3.05, 3.63) is 88.0 Å². The number of carbonyl (C=O) groups excluding carboxylic acids is 2. The Bertz CT molecular complexity index is 1350. The lowest BCUT2D eigenvalue weighted by Crippen LogP contribution is -2.09. The van der Waals surface area contributed by atoms with E-state index < -0.39 is 0 Å². The topological polar surface area (TPSA) is 89.9 Å². The molecule has 0 amide bonds. The molecule has 2 heterocycles. The van der Waals surface area contributed by atoms with Gasteiger partial charge in [0, 0.05) is 16.9 Å². The SMILES string of the molecule is CC(=O)c1c(C)[nH]c(C(=O)CSc2nnc(COc3ccccc3Cl)n2-c2ccccc2)c1C. The van der Waals surface area contributed by atoms with E-state index in [-0.39, 0.29) is 23.9 Å². The highest BCUT2D eigenvalue weighted by atomic mass is 35.5. The van der Waals surface area contributed by atoms with E-state index in [1.54, 1.807) is 26.0 Å². The molecule has 0 bridgehead atoms. The van der Waals surface area contributed by atoms with Crippen molar-refractivity contribution in [2.45, 2.75) is 32.5 Å². The van der Waals surface area contributed by atoms with E-state index in [0.29, 0.717) is 44.3 Å². The second kappa shape index (κ2) is 10.3. The number of hydrogen-bond donors (Lipinski definition) is 1. The second-order valence-electron chi connectivity index (χ2n) is 7.68. The lowest BCUT2D eigenvalue weighted by Gasteiger charge is -2.11. The van der Waals surface area contributed by atoms with Gasteiger partial charge in [-0.2, -0.15) is 0 Å². The number of nitrogens with one attached hydrogen (secondary N) is 1. The molecule has 7 nitrogen and oxygen atoms in total. The fourth-order valence-corrected chi connectivity index (χ4v) is 4.82. The summed E-state index contributed by atoms with van der Waals surface area (Å²) in [6.07, 6.45) is 0. The highest BCUT2D eigenvalue weighted by molar-refractivity contribution is 7.99. The van der Waals surface area contributed by atoms with Crippen molar-refractivity contribution in [2.75, 3.05) is 5.75 Å². The zero-order valence-electron chi connectivity index (χ0n) is 19.0. The van der Waals surface area contributed by atoms with Gasteiger partial charge in [0.25, 0.3) is 0 Å². The van der Waals surface area contributed by atoms with Crippen LogP contribution < -0.4 is 4.74 Å². The molecule has 0 unspecified atom stereocenters. The maximum atomic E-state index is 13.0. The average molecular weight is 495 g/mol. The van der Waals surface area contributed by atoms with Crippen LogP contribution in [0.1, 0.15) is 44.9 Å². The molecule has 0 spiro atoms. The monoisotopic (exact) mass is 494 g/mol. The molecule has 0 atom stereocenters. The smallest absolute Gasteiger partial charge is 0.196 e.